The summed E-state index contributed by atoms with van der Waals surface area (Å²) in [5.74, 6) is 0.505. The summed E-state index contributed by atoms with van der Waals surface area (Å²) in [6.45, 7) is 2.27. The second kappa shape index (κ2) is 11.4. The zero-order chi connectivity index (χ0) is 21.9. The molecule has 0 aliphatic carbocycles. The molecule has 0 radical (unpaired) electrons. The number of nitrogens with zero attached hydrogens (tertiary/aromatic N) is 1. The van der Waals surface area contributed by atoms with Gasteiger partial charge in [0.1, 0.15) is 11.5 Å². The van der Waals surface area contributed by atoms with Gasteiger partial charge in [0.25, 0.3) is 11.8 Å². The molecule has 7 heteroatoms. The number of carbonyl (C=O) groups is 3. The SMILES string of the molecule is CCNC(=O)COc1ccc(/C=C/C(=O)c2cccc(OCC(=O)N(C)C)c2)cc1. The van der Waals surface area contributed by atoms with Gasteiger partial charge in [0.05, 0.1) is 0 Å². The zero-order valence-electron chi connectivity index (χ0n) is 17.4. The summed E-state index contributed by atoms with van der Waals surface area (Å²) < 4.78 is 10.8. The molecule has 2 rings (SSSR count). The number of carbonyl (C=O) groups excluding carboxylic acids is 3. The Bertz CT molecular complexity index is 904. The first-order valence-corrected chi connectivity index (χ1v) is 9.54. The minimum atomic E-state index is -0.184. The lowest BCUT2D eigenvalue weighted by molar-refractivity contribution is -0.130. The number of benzene rings is 2. The third-order valence-electron chi connectivity index (χ3n) is 4.03. The van der Waals surface area contributed by atoms with Crippen LogP contribution in [0.3, 0.4) is 0 Å². The maximum absolute atomic E-state index is 12.4. The number of nitrogens with one attached hydrogen (secondary N) is 1. The van der Waals surface area contributed by atoms with Crippen LogP contribution in [0, 0.1) is 0 Å². The van der Waals surface area contributed by atoms with E-state index >= 15 is 0 Å². The van der Waals surface area contributed by atoms with E-state index in [2.05, 4.69) is 5.32 Å². The normalized spacial score (nSPS) is 10.5. The Morgan fingerprint density at radius 2 is 1.67 bits per heavy atom. The molecule has 0 fully saturated rings. The van der Waals surface area contributed by atoms with Gasteiger partial charge in [-0.2, -0.15) is 0 Å². The third-order valence-corrected chi connectivity index (χ3v) is 4.03. The van der Waals surface area contributed by atoms with Gasteiger partial charge >= 0.3 is 0 Å². The predicted octanol–water partition coefficient (Wildman–Crippen LogP) is 2.56. The van der Waals surface area contributed by atoms with E-state index in [-0.39, 0.29) is 30.8 Å². The van der Waals surface area contributed by atoms with Gasteiger partial charge in [-0.1, -0.05) is 30.3 Å². The van der Waals surface area contributed by atoms with Gasteiger partial charge in [0.2, 0.25) is 0 Å². The Labute approximate surface area is 176 Å². The molecule has 158 valence electrons. The fourth-order valence-electron chi connectivity index (χ4n) is 2.35. The van der Waals surface area contributed by atoms with Crippen molar-refractivity contribution >= 4 is 23.7 Å². The molecule has 1 N–H and O–H groups in total. The van der Waals surface area contributed by atoms with Gasteiger partial charge in [0.15, 0.2) is 19.0 Å². The average Bonchev–Trinajstić information content (AvgIpc) is 2.75. The van der Waals surface area contributed by atoms with Crippen molar-refractivity contribution in [3.63, 3.8) is 0 Å². The highest BCUT2D eigenvalue weighted by atomic mass is 16.5. The molecule has 2 aromatic rings. The van der Waals surface area contributed by atoms with Crippen molar-refractivity contribution in [3.8, 4) is 11.5 Å². The lowest BCUT2D eigenvalue weighted by Crippen LogP contribution is -2.28. The van der Waals surface area contributed by atoms with Crippen LogP contribution >= 0.6 is 0 Å². The molecule has 2 amide bonds. The maximum Gasteiger partial charge on any atom is 0.259 e. The fourth-order valence-corrected chi connectivity index (χ4v) is 2.35. The molecule has 7 nitrogen and oxygen atoms in total. The summed E-state index contributed by atoms with van der Waals surface area (Å²) in [5.41, 5.74) is 1.28. The number of hydrogen-bond acceptors (Lipinski definition) is 5. The highest BCUT2D eigenvalue weighted by molar-refractivity contribution is 6.07. The van der Waals surface area contributed by atoms with E-state index in [1.54, 1.807) is 68.7 Å². The molecule has 2 aromatic carbocycles. The second-order valence-corrected chi connectivity index (χ2v) is 6.61. The van der Waals surface area contributed by atoms with E-state index in [1.807, 2.05) is 6.92 Å². The minimum Gasteiger partial charge on any atom is -0.484 e. The Kier molecular flexibility index (Phi) is 8.62. The number of amides is 2. The van der Waals surface area contributed by atoms with E-state index in [4.69, 9.17) is 9.47 Å². The Hall–Kier alpha value is -3.61. The molecule has 0 heterocycles. The first kappa shape index (κ1) is 22.7. The van der Waals surface area contributed by atoms with Crippen molar-refractivity contribution in [2.75, 3.05) is 33.9 Å². The van der Waals surface area contributed by atoms with Crippen molar-refractivity contribution < 1.29 is 23.9 Å². The van der Waals surface area contributed by atoms with Crippen LogP contribution in [0.2, 0.25) is 0 Å². The quantitative estimate of drug-likeness (QED) is 0.481. The van der Waals surface area contributed by atoms with Gasteiger partial charge < -0.3 is 19.7 Å². The van der Waals surface area contributed by atoms with Crippen LogP contribution in [-0.4, -0.2) is 56.4 Å². The van der Waals surface area contributed by atoms with Crippen LogP contribution in [0.1, 0.15) is 22.8 Å². The molecule has 0 saturated carbocycles. The van der Waals surface area contributed by atoms with Gasteiger partial charge in [-0.05, 0) is 42.8 Å². The van der Waals surface area contributed by atoms with E-state index in [9.17, 15) is 14.4 Å². The van der Waals surface area contributed by atoms with Crippen LogP contribution in [0.4, 0.5) is 0 Å². The predicted molar refractivity (Wildman–Crippen MR) is 115 cm³/mol. The molecular formula is C23H26N2O5. The van der Waals surface area contributed by atoms with Crippen molar-refractivity contribution in [3.05, 3.63) is 65.7 Å². The van der Waals surface area contributed by atoms with E-state index in [1.165, 1.54) is 11.0 Å². The van der Waals surface area contributed by atoms with Crippen molar-refractivity contribution in [1.82, 2.24) is 10.2 Å². The molecule has 30 heavy (non-hydrogen) atoms. The highest BCUT2D eigenvalue weighted by Gasteiger charge is 2.07. The fraction of sp³-hybridized carbons (Fsp3) is 0.261. The largest absolute Gasteiger partial charge is 0.484 e. The molecule has 0 bridgehead atoms. The summed E-state index contributed by atoms with van der Waals surface area (Å²) in [7, 11) is 3.30. The van der Waals surface area contributed by atoms with Crippen LogP contribution in [0.25, 0.3) is 6.08 Å². The number of allylic oxidation sites excluding steroid dienone is 1. The van der Waals surface area contributed by atoms with Gasteiger partial charge in [-0.25, -0.2) is 0 Å². The van der Waals surface area contributed by atoms with Crippen molar-refractivity contribution in [2.24, 2.45) is 0 Å². The summed E-state index contributed by atoms with van der Waals surface area (Å²) in [6.07, 6.45) is 3.16. The number of ketones is 1. The highest BCUT2D eigenvalue weighted by Crippen LogP contribution is 2.16. The third kappa shape index (κ3) is 7.43. The zero-order valence-corrected chi connectivity index (χ0v) is 17.4. The molecule has 0 saturated heterocycles. The Balaban J connectivity index is 1.93. The van der Waals surface area contributed by atoms with E-state index in [0.29, 0.717) is 23.6 Å². The lowest BCUT2D eigenvalue weighted by atomic mass is 10.1. The standard InChI is InChI=1S/C23H26N2O5/c1-4-24-22(27)15-29-19-11-8-17(9-12-19)10-13-21(26)18-6-5-7-20(14-18)30-16-23(28)25(2)3/h5-14H,4,15-16H2,1-3H3,(H,24,27)/b13-10+. The minimum absolute atomic E-state index is 0.0416. The first-order chi connectivity index (χ1) is 14.4. The molecule has 0 unspecified atom stereocenters. The summed E-state index contributed by atoms with van der Waals surface area (Å²) in [5, 5.41) is 2.66. The van der Waals surface area contributed by atoms with Crippen LogP contribution in [0.5, 0.6) is 11.5 Å². The number of hydrogen-bond donors (Lipinski definition) is 1. The lowest BCUT2D eigenvalue weighted by Gasteiger charge is -2.11. The topological polar surface area (TPSA) is 84.9 Å². The number of rotatable bonds is 10. The van der Waals surface area contributed by atoms with E-state index in [0.717, 1.165) is 5.56 Å². The van der Waals surface area contributed by atoms with Gasteiger partial charge in [0, 0.05) is 26.2 Å². The summed E-state index contributed by atoms with van der Waals surface area (Å²) in [6, 6.07) is 13.8. The molecule has 0 aliphatic rings. The average molecular weight is 410 g/mol. The van der Waals surface area contributed by atoms with Gasteiger partial charge in [-0.15, -0.1) is 0 Å². The smallest absolute Gasteiger partial charge is 0.259 e. The Morgan fingerprint density at radius 1 is 0.967 bits per heavy atom. The first-order valence-electron chi connectivity index (χ1n) is 9.54. The monoisotopic (exact) mass is 410 g/mol. The number of likely N-dealkylation sites (N-methyl/N-ethyl adjacent to an activating group) is 2. The van der Waals surface area contributed by atoms with Crippen LogP contribution in [0.15, 0.2) is 54.6 Å². The molecular weight excluding hydrogens is 384 g/mol. The van der Waals surface area contributed by atoms with Crippen molar-refractivity contribution in [1.29, 1.82) is 0 Å². The molecule has 0 spiro atoms. The van der Waals surface area contributed by atoms with Crippen molar-refractivity contribution in [2.45, 2.75) is 6.92 Å². The van der Waals surface area contributed by atoms with E-state index < -0.39 is 0 Å². The molecule has 0 atom stereocenters. The number of ether oxygens (including phenoxy) is 2. The summed E-state index contributed by atoms with van der Waals surface area (Å²) >= 11 is 0. The Morgan fingerprint density at radius 3 is 2.33 bits per heavy atom. The summed E-state index contributed by atoms with van der Waals surface area (Å²) in [4.78, 5) is 36.9. The molecule has 0 aliphatic heterocycles. The molecule has 0 aromatic heterocycles. The maximum atomic E-state index is 12.4. The van der Waals surface area contributed by atoms with Crippen LogP contribution < -0.4 is 14.8 Å². The van der Waals surface area contributed by atoms with Crippen LogP contribution in [-0.2, 0) is 9.59 Å². The second-order valence-electron chi connectivity index (χ2n) is 6.61. The van der Waals surface area contributed by atoms with Gasteiger partial charge in [-0.3, -0.25) is 14.4 Å².